The summed E-state index contributed by atoms with van der Waals surface area (Å²) in [6.07, 6.45) is 2.15. The van der Waals surface area contributed by atoms with Crippen molar-refractivity contribution in [2.45, 2.75) is 24.9 Å². The van der Waals surface area contributed by atoms with Crippen LogP contribution in [0.4, 0.5) is 0 Å². The first-order valence-electron chi connectivity index (χ1n) is 6.06. The van der Waals surface area contributed by atoms with E-state index in [9.17, 15) is 9.90 Å². The summed E-state index contributed by atoms with van der Waals surface area (Å²) in [6, 6.07) is 0.137. The van der Waals surface area contributed by atoms with Crippen LogP contribution >= 0.6 is 0 Å². The van der Waals surface area contributed by atoms with Gasteiger partial charge in [0, 0.05) is 25.7 Å². The lowest BCUT2D eigenvalue weighted by atomic mass is 10.0. The number of carbonyl (C=O) groups is 1. The van der Waals surface area contributed by atoms with E-state index in [4.69, 9.17) is 0 Å². The quantitative estimate of drug-likeness (QED) is 0.662. The van der Waals surface area contributed by atoms with Gasteiger partial charge in [-0.2, -0.15) is 0 Å². The number of carboxylic acid groups (broad SMARTS) is 1. The Balaban J connectivity index is 2.02. The van der Waals surface area contributed by atoms with Crippen molar-refractivity contribution in [2.75, 3.05) is 39.8 Å². The first kappa shape index (κ1) is 11.8. The average molecular weight is 227 g/mol. The Morgan fingerprint density at radius 2 is 2.00 bits per heavy atom. The summed E-state index contributed by atoms with van der Waals surface area (Å²) in [4.78, 5) is 15.6. The first-order chi connectivity index (χ1) is 7.68. The van der Waals surface area contributed by atoms with Crippen LogP contribution in [0.15, 0.2) is 0 Å². The van der Waals surface area contributed by atoms with Crippen LogP contribution in [-0.2, 0) is 4.79 Å². The summed E-state index contributed by atoms with van der Waals surface area (Å²) in [7, 11) is 2.00. The molecule has 16 heavy (non-hydrogen) atoms. The molecule has 2 rings (SSSR count). The van der Waals surface area contributed by atoms with E-state index < -0.39 is 5.97 Å². The van der Waals surface area contributed by atoms with Gasteiger partial charge >= 0.3 is 5.97 Å². The first-order valence-corrected chi connectivity index (χ1v) is 6.06. The second-order valence-corrected chi connectivity index (χ2v) is 4.84. The van der Waals surface area contributed by atoms with E-state index in [1.165, 1.54) is 0 Å². The zero-order valence-corrected chi connectivity index (χ0v) is 9.85. The lowest BCUT2D eigenvalue weighted by Gasteiger charge is -2.43. The van der Waals surface area contributed by atoms with E-state index in [-0.39, 0.29) is 6.04 Å². The number of aliphatic carboxylic acids is 1. The molecule has 1 unspecified atom stereocenters. The predicted molar refractivity (Wildman–Crippen MR) is 61.5 cm³/mol. The fourth-order valence-corrected chi connectivity index (χ4v) is 2.73. The maximum Gasteiger partial charge on any atom is 0.322 e. The fraction of sp³-hybridized carbons (Fsp3) is 0.909. The smallest absolute Gasteiger partial charge is 0.322 e. The number of piperidine rings is 1. The minimum Gasteiger partial charge on any atom is -0.480 e. The molecule has 0 spiro atoms. The summed E-state index contributed by atoms with van der Waals surface area (Å²) in [5.41, 5.74) is 0. The Kier molecular flexibility index (Phi) is 3.78. The summed E-state index contributed by atoms with van der Waals surface area (Å²) in [5.74, 6) is -0.676. The van der Waals surface area contributed by atoms with Crippen LogP contribution in [0.3, 0.4) is 0 Å². The van der Waals surface area contributed by atoms with Gasteiger partial charge in [0.05, 0.1) is 0 Å². The number of hydrogen-bond donors (Lipinski definition) is 2. The molecule has 0 aromatic carbocycles. The molecule has 5 heteroatoms. The van der Waals surface area contributed by atoms with E-state index in [0.29, 0.717) is 12.6 Å². The summed E-state index contributed by atoms with van der Waals surface area (Å²) >= 11 is 0. The molecule has 1 atom stereocenters. The van der Waals surface area contributed by atoms with Crippen molar-refractivity contribution in [1.82, 2.24) is 15.1 Å². The lowest BCUT2D eigenvalue weighted by molar-refractivity contribution is -0.147. The van der Waals surface area contributed by atoms with Gasteiger partial charge in [0.2, 0.25) is 0 Å². The van der Waals surface area contributed by atoms with Gasteiger partial charge in [-0.15, -0.1) is 0 Å². The van der Waals surface area contributed by atoms with E-state index >= 15 is 0 Å². The van der Waals surface area contributed by atoms with Crippen LogP contribution in [0.1, 0.15) is 12.8 Å². The molecule has 5 nitrogen and oxygen atoms in total. The predicted octanol–water partition coefficient (Wildman–Crippen LogP) is -0.561. The van der Waals surface area contributed by atoms with Crippen molar-refractivity contribution in [3.05, 3.63) is 0 Å². The van der Waals surface area contributed by atoms with E-state index in [1.54, 1.807) is 0 Å². The van der Waals surface area contributed by atoms with Crippen molar-refractivity contribution in [2.24, 2.45) is 0 Å². The van der Waals surface area contributed by atoms with E-state index in [2.05, 4.69) is 15.1 Å². The van der Waals surface area contributed by atoms with Crippen molar-refractivity contribution in [3.63, 3.8) is 0 Å². The van der Waals surface area contributed by atoms with Gasteiger partial charge in [-0.05, 0) is 33.0 Å². The molecule has 0 aromatic heterocycles. The fourth-order valence-electron chi connectivity index (χ4n) is 2.73. The second-order valence-electron chi connectivity index (χ2n) is 4.84. The molecule has 2 saturated heterocycles. The van der Waals surface area contributed by atoms with Crippen LogP contribution in [0.2, 0.25) is 0 Å². The number of likely N-dealkylation sites (N-methyl/N-ethyl adjacent to an activating group) is 1. The van der Waals surface area contributed by atoms with Crippen molar-refractivity contribution >= 4 is 5.97 Å². The van der Waals surface area contributed by atoms with Crippen LogP contribution in [0, 0.1) is 0 Å². The highest BCUT2D eigenvalue weighted by molar-refractivity contribution is 5.74. The molecule has 2 aliphatic rings. The van der Waals surface area contributed by atoms with Gasteiger partial charge in [-0.25, -0.2) is 0 Å². The zero-order chi connectivity index (χ0) is 11.5. The molecular weight excluding hydrogens is 206 g/mol. The number of carboxylic acids is 1. The number of hydrogen-bond acceptors (Lipinski definition) is 4. The molecule has 0 aromatic rings. The highest BCUT2D eigenvalue weighted by atomic mass is 16.4. The largest absolute Gasteiger partial charge is 0.480 e. The molecule has 0 radical (unpaired) electrons. The molecule has 2 fully saturated rings. The SMILES string of the molecule is CN1CCN(C2CCNCC2)C(C(=O)O)C1. The molecule has 2 N–H and O–H groups in total. The van der Waals surface area contributed by atoms with Gasteiger partial charge in [0.1, 0.15) is 6.04 Å². The van der Waals surface area contributed by atoms with E-state index in [1.807, 2.05) is 7.05 Å². The van der Waals surface area contributed by atoms with E-state index in [0.717, 1.165) is 39.0 Å². The van der Waals surface area contributed by atoms with Gasteiger partial charge < -0.3 is 15.3 Å². The van der Waals surface area contributed by atoms with Crippen LogP contribution < -0.4 is 5.32 Å². The molecule has 2 aliphatic heterocycles. The summed E-state index contributed by atoms with van der Waals surface area (Å²) < 4.78 is 0. The van der Waals surface area contributed by atoms with Gasteiger partial charge in [-0.3, -0.25) is 9.69 Å². The molecule has 0 aliphatic carbocycles. The highest BCUT2D eigenvalue weighted by Crippen LogP contribution is 2.18. The van der Waals surface area contributed by atoms with Crippen LogP contribution in [-0.4, -0.2) is 72.7 Å². The average Bonchev–Trinajstić information content (AvgIpc) is 2.30. The standard InChI is InChI=1S/C11H21N3O2/c1-13-6-7-14(10(8-13)11(15)16)9-2-4-12-5-3-9/h9-10,12H,2-8H2,1H3,(H,15,16). The van der Waals surface area contributed by atoms with Crippen LogP contribution in [0.25, 0.3) is 0 Å². The van der Waals surface area contributed by atoms with Gasteiger partial charge in [-0.1, -0.05) is 0 Å². The Labute approximate surface area is 96.4 Å². The summed E-state index contributed by atoms with van der Waals surface area (Å²) in [5, 5.41) is 12.6. The molecule has 2 heterocycles. The Hall–Kier alpha value is -0.650. The minimum atomic E-state index is -0.676. The van der Waals surface area contributed by atoms with Crippen LogP contribution in [0.5, 0.6) is 0 Å². The number of piperazine rings is 1. The lowest BCUT2D eigenvalue weighted by Crippen LogP contribution is -2.60. The highest BCUT2D eigenvalue weighted by Gasteiger charge is 2.35. The maximum absolute atomic E-state index is 11.3. The minimum absolute atomic E-state index is 0.318. The number of nitrogens with zero attached hydrogens (tertiary/aromatic N) is 2. The van der Waals surface area contributed by atoms with Crippen molar-refractivity contribution in [3.8, 4) is 0 Å². The number of rotatable bonds is 2. The normalized spacial score (nSPS) is 30.4. The molecule has 92 valence electrons. The number of nitrogens with one attached hydrogen (secondary N) is 1. The molecule has 0 saturated carbocycles. The monoisotopic (exact) mass is 227 g/mol. The molecule has 0 amide bonds. The van der Waals surface area contributed by atoms with Gasteiger partial charge in [0.25, 0.3) is 0 Å². The van der Waals surface area contributed by atoms with Crippen molar-refractivity contribution in [1.29, 1.82) is 0 Å². The Morgan fingerprint density at radius 1 is 1.31 bits per heavy atom. The topological polar surface area (TPSA) is 55.8 Å². The molecular formula is C11H21N3O2. The third-order valence-corrected chi connectivity index (χ3v) is 3.69. The Morgan fingerprint density at radius 3 is 2.62 bits per heavy atom. The van der Waals surface area contributed by atoms with Gasteiger partial charge in [0.15, 0.2) is 0 Å². The third kappa shape index (κ3) is 2.53. The zero-order valence-electron chi connectivity index (χ0n) is 9.85. The van der Waals surface area contributed by atoms with Crippen molar-refractivity contribution < 1.29 is 9.90 Å². The Bertz CT molecular complexity index is 254. The maximum atomic E-state index is 11.3. The molecule has 0 bridgehead atoms. The summed E-state index contributed by atoms with van der Waals surface area (Å²) in [6.45, 7) is 4.55. The second kappa shape index (κ2) is 5.12. The third-order valence-electron chi connectivity index (χ3n) is 3.69.